The van der Waals surface area contributed by atoms with Crippen LogP contribution in [0.1, 0.15) is 39.5 Å². The van der Waals surface area contributed by atoms with Crippen LogP contribution in [0.15, 0.2) is 29.4 Å². The molecule has 0 radical (unpaired) electrons. The topological polar surface area (TPSA) is 90.9 Å². The number of carbonyl (C=O) groups excluding carboxylic acids is 1. The molecule has 1 fully saturated rings. The van der Waals surface area contributed by atoms with Gasteiger partial charge in [-0.15, -0.1) is 0 Å². The lowest BCUT2D eigenvalue weighted by atomic mass is 10.1. The molecule has 8 heteroatoms. The molecule has 3 N–H and O–H groups in total. The summed E-state index contributed by atoms with van der Waals surface area (Å²) in [6, 6.07) is 6.19. The van der Waals surface area contributed by atoms with E-state index in [-0.39, 0.29) is 6.09 Å². The van der Waals surface area contributed by atoms with E-state index in [0.29, 0.717) is 12.6 Å². The Hall–Kier alpha value is -2.51. The lowest BCUT2D eigenvalue weighted by Gasteiger charge is -2.32. The highest BCUT2D eigenvalue weighted by atomic mass is 16.6. The number of nitrogens with zero attached hydrogens (tertiary/aromatic N) is 3. The van der Waals surface area contributed by atoms with Gasteiger partial charge in [-0.1, -0.05) is 6.07 Å². The molecule has 1 aliphatic rings. The molecule has 8 nitrogen and oxygen atoms in total. The van der Waals surface area contributed by atoms with Gasteiger partial charge in [-0.2, -0.15) is 0 Å². The van der Waals surface area contributed by atoms with Gasteiger partial charge in [0.15, 0.2) is 5.96 Å². The number of anilines is 1. The Morgan fingerprint density at radius 2 is 2.11 bits per heavy atom. The molecule has 0 saturated carbocycles. The maximum Gasteiger partial charge on any atom is 0.409 e. The molecule has 1 saturated heterocycles. The fraction of sp³-hybridized carbons (Fsp3) is 0.650. The van der Waals surface area contributed by atoms with E-state index in [4.69, 9.17) is 4.74 Å². The minimum absolute atomic E-state index is 0.208. The van der Waals surface area contributed by atoms with Gasteiger partial charge in [0.2, 0.25) is 0 Å². The molecule has 0 bridgehead atoms. The lowest BCUT2D eigenvalue weighted by Crippen LogP contribution is -2.49. The van der Waals surface area contributed by atoms with Gasteiger partial charge >= 0.3 is 6.09 Å². The van der Waals surface area contributed by atoms with Crippen LogP contribution in [0.5, 0.6) is 0 Å². The summed E-state index contributed by atoms with van der Waals surface area (Å²) >= 11 is 0. The number of aliphatic imine (C=N–C) groups is 1. The molecule has 0 aliphatic carbocycles. The standard InChI is InChI=1S/C20H34N6O2/c1-3-21-19(24-14-8-7-13-23-18-9-5-6-12-22-18)25-17-10-15-26(16-11-17)20(27)28-4-2/h5-6,9,12,17H,3-4,7-8,10-11,13-16H2,1-2H3,(H,22,23)(H2,21,24,25). The Kier molecular flexibility index (Phi) is 9.96. The van der Waals surface area contributed by atoms with E-state index in [9.17, 15) is 4.79 Å². The number of piperidine rings is 1. The minimum atomic E-state index is -0.208. The number of rotatable bonds is 9. The molecule has 0 spiro atoms. The van der Waals surface area contributed by atoms with Crippen molar-refractivity contribution in [1.29, 1.82) is 0 Å². The van der Waals surface area contributed by atoms with E-state index in [1.54, 1.807) is 11.1 Å². The molecule has 0 unspecified atom stereocenters. The van der Waals surface area contributed by atoms with Crippen LogP contribution in [0, 0.1) is 0 Å². The number of likely N-dealkylation sites (tertiary alicyclic amines) is 1. The van der Waals surface area contributed by atoms with Crippen LogP contribution in [0.2, 0.25) is 0 Å². The minimum Gasteiger partial charge on any atom is -0.450 e. The number of aromatic nitrogens is 1. The zero-order valence-electron chi connectivity index (χ0n) is 17.1. The molecule has 28 heavy (non-hydrogen) atoms. The van der Waals surface area contributed by atoms with E-state index in [1.165, 1.54) is 0 Å². The van der Waals surface area contributed by atoms with Gasteiger partial charge < -0.3 is 25.6 Å². The Bertz CT molecular complexity index is 588. The third-order valence-corrected chi connectivity index (χ3v) is 4.53. The number of pyridine rings is 1. The molecule has 2 heterocycles. The predicted octanol–water partition coefficient (Wildman–Crippen LogP) is 2.45. The molecule has 1 aromatic heterocycles. The number of ether oxygens (including phenoxy) is 1. The quantitative estimate of drug-likeness (QED) is 0.341. The van der Waals surface area contributed by atoms with Crippen molar-refractivity contribution in [2.75, 3.05) is 44.6 Å². The highest BCUT2D eigenvalue weighted by Gasteiger charge is 2.23. The molecule has 1 amide bonds. The molecular formula is C20H34N6O2. The van der Waals surface area contributed by atoms with Gasteiger partial charge in [0.1, 0.15) is 5.82 Å². The van der Waals surface area contributed by atoms with Crippen molar-refractivity contribution in [2.45, 2.75) is 45.6 Å². The fourth-order valence-corrected chi connectivity index (χ4v) is 3.05. The summed E-state index contributed by atoms with van der Waals surface area (Å²) in [5.74, 6) is 1.77. The third-order valence-electron chi connectivity index (χ3n) is 4.53. The number of nitrogens with one attached hydrogen (secondary N) is 3. The highest BCUT2D eigenvalue weighted by Crippen LogP contribution is 2.11. The first-order valence-electron chi connectivity index (χ1n) is 10.3. The van der Waals surface area contributed by atoms with Crippen molar-refractivity contribution in [3.05, 3.63) is 24.4 Å². The average molecular weight is 391 g/mol. The first-order chi connectivity index (χ1) is 13.7. The van der Waals surface area contributed by atoms with Gasteiger partial charge in [-0.05, 0) is 51.7 Å². The van der Waals surface area contributed by atoms with E-state index < -0.39 is 0 Å². The predicted molar refractivity (Wildman–Crippen MR) is 113 cm³/mol. The van der Waals surface area contributed by atoms with Crippen molar-refractivity contribution in [3.63, 3.8) is 0 Å². The van der Waals surface area contributed by atoms with Crippen molar-refractivity contribution in [2.24, 2.45) is 4.99 Å². The maximum absolute atomic E-state index is 11.8. The average Bonchev–Trinajstić information content (AvgIpc) is 2.72. The van der Waals surface area contributed by atoms with Gasteiger partial charge in [0, 0.05) is 45.0 Å². The van der Waals surface area contributed by atoms with Gasteiger partial charge in [-0.3, -0.25) is 4.99 Å². The van der Waals surface area contributed by atoms with E-state index in [2.05, 4.69) is 32.9 Å². The van der Waals surface area contributed by atoms with Crippen LogP contribution < -0.4 is 16.0 Å². The number of guanidine groups is 1. The lowest BCUT2D eigenvalue weighted by molar-refractivity contribution is 0.0963. The monoisotopic (exact) mass is 390 g/mol. The Morgan fingerprint density at radius 3 is 2.79 bits per heavy atom. The summed E-state index contributed by atoms with van der Waals surface area (Å²) in [5.41, 5.74) is 0. The summed E-state index contributed by atoms with van der Waals surface area (Å²) in [5, 5.41) is 10.1. The van der Waals surface area contributed by atoms with E-state index >= 15 is 0 Å². The molecule has 156 valence electrons. The molecule has 1 aliphatic heterocycles. The van der Waals surface area contributed by atoms with Gasteiger partial charge in [0.05, 0.1) is 6.61 Å². The number of hydrogen-bond donors (Lipinski definition) is 3. The molecule has 2 rings (SSSR count). The SMILES string of the molecule is CCNC(=NCCCCNc1ccccn1)NC1CCN(C(=O)OCC)CC1. The van der Waals surface area contributed by atoms with E-state index in [0.717, 1.165) is 70.2 Å². The van der Waals surface area contributed by atoms with Crippen LogP contribution in [0.4, 0.5) is 10.6 Å². The fourth-order valence-electron chi connectivity index (χ4n) is 3.05. The van der Waals surface area contributed by atoms with Gasteiger partial charge in [0.25, 0.3) is 0 Å². The number of hydrogen-bond acceptors (Lipinski definition) is 5. The zero-order valence-corrected chi connectivity index (χ0v) is 17.1. The van der Waals surface area contributed by atoms with Crippen LogP contribution >= 0.6 is 0 Å². The van der Waals surface area contributed by atoms with Crippen molar-refractivity contribution in [1.82, 2.24) is 20.5 Å². The summed E-state index contributed by atoms with van der Waals surface area (Å²) in [6.07, 6.45) is 5.43. The molecule has 0 aromatic carbocycles. The van der Waals surface area contributed by atoms with Crippen LogP contribution in [0.3, 0.4) is 0 Å². The highest BCUT2D eigenvalue weighted by molar-refractivity contribution is 5.80. The first-order valence-corrected chi connectivity index (χ1v) is 10.3. The zero-order chi connectivity index (χ0) is 20.0. The summed E-state index contributed by atoms with van der Waals surface area (Å²) in [7, 11) is 0. The smallest absolute Gasteiger partial charge is 0.409 e. The second kappa shape index (κ2) is 12.8. The third kappa shape index (κ3) is 8.02. The first kappa shape index (κ1) is 21.8. The Morgan fingerprint density at radius 1 is 1.29 bits per heavy atom. The molecule has 1 aromatic rings. The van der Waals surface area contributed by atoms with Crippen LogP contribution in [-0.4, -0.2) is 67.3 Å². The normalized spacial score (nSPS) is 15.2. The van der Waals surface area contributed by atoms with Crippen LogP contribution in [0.25, 0.3) is 0 Å². The molecule has 0 atom stereocenters. The molecular weight excluding hydrogens is 356 g/mol. The van der Waals surface area contributed by atoms with Crippen molar-refractivity contribution < 1.29 is 9.53 Å². The van der Waals surface area contributed by atoms with Gasteiger partial charge in [-0.25, -0.2) is 9.78 Å². The van der Waals surface area contributed by atoms with Crippen molar-refractivity contribution in [3.8, 4) is 0 Å². The summed E-state index contributed by atoms with van der Waals surface area (Å²) in [4.78, 5) is 22.5. The summed E-state index contributed by atoms with van der Waals surface area (Å²) < 4.78 is 5.07. The van der Waals surface area contributed by atoms with E-state index in [1.807, 2.05) is 25.1 Å². The second-order valence-electron chi connectivity index (χ2n) is 6.71. The number of amides is 1. The number of carbonyl (C=O) groups is 1. The largest absolute Gasteiger partial charge is 0.450 e. The maximum atomic E-state index is 11.8. The number of unbranched alkanes of at least 4 members (excludes halogenated alkanes) is 1. The summed E-state index contributed by atoms with van der Waals surface area (Å²) in [6.45, 7) is 8.26. The Balaban J connectivity index is 1.65. The van der Waals surface area contributed by atoms with Crippen molar-refractivity contribution >= 4 is 17.9 Å². The van der Waals surface area contributed by atoms with Crippen LogP contribution in [-0.2, 0) is 4.74 Å². The second-order valence-corrected chi connectivity index (χ2v) is 6.71. The Labute approximate surface area is 168 Å².